The molecule has 9 heteroatoms. The number of halogens is 1. The van der Waals surface area contributed by atoms with Crippen molar-refractivity contribution in [2.75, 3.05) is 13.1 Å². The van der Waals surface area contributed by atoms with Crippen LogP contribution in [0.1, 0.15) is 41.5 Å². The molecule has 3 aromatic rings. The number of hydrogen-bond acceptors (Lipinski definition) is 5. The Balaban J connectivity index is 1.09. The molecule has 8 nitrogen and oxygen atoms in total. The van der Waals surface area contributed by atoms with Gasteiger partial charge in [0.05, 0.1) is 18.8 Å². The van der Waals surface area contributed by atoms with Crippen molar-refractivity contribution in [2.24, 2.45) is 0 Å². The van der Waals surface area contributed by atoms with E-state index in [1.54, 1.807) is 12.1 Å². The molecule has 1 saturated heterocycles. The van der Waals surface area contributed by atoms with Crippen LogP contribution in [0.25, 0.3) is 0 Å². The highest BCUT2D eigenvalue weighted by molar-refractivity contribution is 5.74. The van der Waals surface area contributed by atoms with Crippen molar-refractivity contribution in [1.82, 2.24) is 30.5 Å². The molecular weight excluding hydrogens is 435 g/mol. The quantitative estimate of drug-likeness (QED) is 0.586. The number of nitrogens with zero attached hydrogens (tertiary/aromatic N) is 4. The molecule has 0 saturated carbocycles. The third kappa shape index (κ3) is 5.26. The van der Waals surface area contributed by atoms with Crippen LogP contribution in [-0.2, 0) is 31.0 Å². The fourth-order valence-corrected chi connectivity index (χ4v) is 4.57. The topological polar surface area (TPSA) is 84.3 Å². The lowest BCUT2D eigenvalue weighted by Gasteiger charge is -2.32. The maximum absolute atomic E-state index is 14.1. The van der Waals surface area contributed by atoms with E-state index in [0.29, 0.717) is 31.8 Å². The number of amides is 2. The zero-order valence-corrected chi connectivity index (χ0v) is 19.0. The highest BCUT2D eigenvalue weighted by Crippen LogP contribution is 2.29. The Kier molecular flexibility index (Phi) is 6.82. The van der Waals surface area contributed by atoms with Crippen LogP contribution in [0.4, 0.5) is 9.18 Å². The van der Waals surface area contributed by atoms with Crippen molar-refractivity contribution in [1.29, 1.82) is 0 Å². The lowest BCUT2D eigenvalue weighted by Crippen LogP contribution is -2.47. The normalized spacial score (nSPS) is 18.9. The minimum atomic E-state index is -0.363. The van der Waals surface area contributed by atoms with Gasteiger partial charge in [0.1, 0.15) is 17.6 Å². The van der Waals surface area contributed by atoms with E-state index in [9.17, 15) is 9.18 Å². The van der Waals surface area contributed by atoms with Crippen molar-refractivity contribution in [3.05, 3.63) is 82.9 Å². The molecule has 178 valence electrons. The SMILES string of the molecule is O=C(NCc1ccccc1)NC1CCN(Cc2nnn3c2CO[C@@H](c2ccccc2F)C3)CC1. The van der Waals surface area contributed by atoms with E-state index in [4.69, 9.17) is 4.74 Å². The molecule has 0 bridgehead atoms. The summed E-state index contributed by atoms with van der Waals surface area (Å²) in [6, 6.07) is 16.6. The van der Waals surface area contributed by atoms with Gasteiger partial charge in [0.2, 0.25) is 0 Å². The molecule has 0 radical (unpaired) electrons. The third-order valence-corrected chi connectivity index (χ3v) is 6.52. The van der Waals surface area contributed by atoms with Crippen molar-refractivity contribution in [3.8, 4) is 0 Å². The number of nitrogens with one attached hydrogen (secondary N) is 2. The first-order chi connectivity index (χ1) is 16.7. The first-order valence-electron chi connectivity index (χ1n) is 11.7. The minimum Gasteiger partial charge on any atom is -0.365 e. The molecule has 2 N–H and O–H groups in total. The van der Waals surface area contributed by atoms with Crippen LogP contribution in [0.2, 0.25) is 0 Å². The zero-order valence-electron chi connectivity index (χ0n) is 19.0. The molecule has 2 aliphatic rings. The van der Waals surface area contributed by atoms with E-state index >= 15 is 0 Å². The highest BCUT2D eigenvalue weighted by Gasteiger charge is 2.28. The molecule has 3 heterocycles. The minimum absolute atomic E-state index is 0.128. The first kappa shape index (κ1) is 22.5. The van der Waals surface area contributed by atoms with Gasteiger partial charge < -0.3 is 15.4 Å². The lowest BCUT2D eigenvalue weighted by atomic mass is 10.0. The summed E-state index contributed by atoms with van der Waals surface area (Å²) in [5.41, 5.74) is 3.48. The highest BCUT2D eigenvalue weighted by atomic mass is 19.1. The fourth-order valence-electron chi connectivity index (χ4n) is 4.57. The van der Waals surface area contributed by atoms with Crippen LogP contribution in [0.15, 0.2) is 54.6 Å². The Morgan fingerprint density at radius 2 is 1.85 bits per heavy atom. The molecule has 1 aromatic heterocycles. The second-order valence-electron chi connectivity index (χ2n) is 8.85. The van der Waals surface area contributed by atoms with Gasteiger partial charge in [-0.1, -0.05) is 53.7 Å². The summed E-state index contributed by atoms with van der Waals surface area (Å²) in [5, 5.41) is 14.7. The number of benzene rings is 2. The van der Waals surface area contributed by atoms with Crippen LogP contribution >= 0.6 is 0 Å². The van der Waals surface area contributed by atoms with E-state index in [-0.39, 0.29) is 24.0 Å². The fraction of sp³-hybridized carbons (Fsp3) is 0.400. The molecule has 1 fully saturated rings. The number of aromatic nitrogens is 3. The van der Waals surface area contributed by atoms with Gasteiger partial charge in [0.25, 0.3) is 0 Å². The van der Waals surface area contributed by atoms with Crippen LogP contribution in [0, 0.1) is 5.82 Å². The second kappa shape index (κ2) is 10.3. The third-order valence-electron chi connectivity index (χ3n) is 6.52. The Morgan fingerprint density at radius 3 is 2.65 bits per heavy atom. The number of rotatable bonds is 6. The predicted molar refractivity (Wildman–Crippen MR) is 124 cm³/mol. The van der Waals surface area contributed by atoms with Crippen LogP contribution in [0.5, 0.6) is 0 Å². The Morgan fingerprint density at radius 1 is 1.09 bits per heavy atom. The summed E-state index contributed by atoms with van der Waals surface area (Å²) in [6.07, 6.45) is 1.40. The zero-order chi connectivity index (χ0) is 23.3. The van der Waals surface area contributed by atoms with Crippen LogP contribution in [-0.4, -0.2) is 45.1 Å². The summed E-state index contributed by atoms with van der Waals surface area (Å²) in [4.78, 5) is 14.6. The van der Waals surface area contributed by atoms with Gasteiger partial charge >= 0.3 is 6.03 Å². The largest absolute Gasteiger partial charge is 0.365 e. The van der Waals surface area contributed by atoms with Gasteiger partial charge in [0, 0.05) is 37.8 Å². The Hall–Kier alpha value is -3.30. The molecule has 0 unspecified atom stereocenters. The average Bonchev–Trinajstić information content (AvgIpc) is 3.27. The van der Waals surface area contributed by atoms with Crippen molar-refractivity contribution >= 4 is 6.03 Å². The Labute approximate surface area is 198 Å². The monoisotopic (exact) mass is 464 g/mol. The van der Waals surface area contributed by atoms with E-state index in [1.807, 2.05) is 41.1 Å². The van der Waals surface area contributed by atoms with E-state index in [1.165, 1.54) is 6.07 Å². The second-order valence-corrected chi connectivity index (χ2v) is 8.85. The van der Waals surface area contributed by atoms with Crippen LogP contribution < -0.4 is 10.6 Å². The van der Waals surface area contributed by atoms with Gasteiger partial charge in [-0.3, -0.25) is 4.90 Å². The maximum Gasteiger partial charge on any atom is 0.315 e. The number of hydrogen-bond donors (Lipinski definition) is 2. The number of piperidine rings is 1. The van der Waals surface area contributed by atoms with Gasteiger partial charge in [-0.15, -0.1) is 5.10 Å². The number of carbonyl (C=O) groups excluding carboxylic acids is 1. The average molecular weight is 465 g/mol. The molecule has 1 atom stereocenters. The molecule has 34 heavy (non-hydrogen) atoms. The number of fused-ring (bicyclic) bond motifs is 1. The summed E-state index contributed by atoms with van der Waals surface area (Å²) < 4.78 is 21.9. The molecule has 0 aliphatic carbocycles. The molecule has 2 aliphatic heterocycles. The van der Waals surface area contributed by atoms with Gasteiger partial charge in [-0.2, -0.15) is 0 Å². The van der Waals surface area contributed by atoms with Crippen molar-refractivity contribution in [2.45, 2.75) is 51.2 Å². The molecule has 0 spiro atoms. The smallest absolute Gasteiger partial charge is 0.315 e. The number of urea groups is 1. The summed E-state index contributed by atoms with van der Waals surface area (Å²) in [5.74, 6) is -0.262. The number of ether oxygens (including phenoxy) is 1. The number of likely N-dealkylation sites (tertiary alicyclic amines) is 1. The van der Waals surface area contributed by atoms with E-state index in [2.05, 4.69) is 25.8 Å². The van der Waals surface area contributed by atoms with Crippen molar-refractivity contribution in [3.63, 3.8) is 0 Å². The van der Waals surface area contributed by atoms with E-state index in [0.717, 1.165) is 42.9 Å². The van der Waals surface area contributed by atoms with Gasteiger partial charge in [0.15, 0.2) is 0 Å². The standard InChI is InChI=1S/C25H29FN6O2/c26-21-9-5-4-8-20(21)24-16-32-23(17-34-24)22(29-30-32)15-31-12-10-19(11-13-31)28-25(33)27-14-18-6-2-1-3-7-18/h1-9,19,24H,10-17H2,(H2,27,28,33)/t24-/m1/s1. The molecule has 2 aromatic carbocycles. The van der Waals surface area contributed by atoms with Gasteiger partial charge in [-0.25, -0.2) is 13.9 Å². The number of carbonyl (C=O) groups is 1. The van der Waals surface area contributed by atoms with Gasteiger partial charge in [-0.05, 0) is 24.5 Å². The summed E-state index contributed by atoms with van der Waals surface area (Å²) >= 11 is 0. The predicted octanol–water partition coefficient (Wildman–Crippen LogP) is 3.15. The van der Waals surface area contributed by atoms with E-state index < -0.39 is 0 Å². The lowest BCUT2D eigenvalue weighted by molar-refractivity contribution is -0.00414. The molecular formula is C25H29FN6O2. The first-order valence-corrected chi connectivity index (χ1v) is 11.7. The maximum atomic E-state index is 14.1. The molecule has 5 rings (SSSR count). The Bertz CT molecular complexity index is 1110. The summed E-state index contributed by atoms with van der Waals surface area (Å²) in [6.45, 7) is 3.76. The van der Waals surface area contributed by atoms with Crippen molar-refractivity contribution < 1.29 is 13.9 Å². The molecule has 2 amide bonds. The van der Waals surface area contributed by atoms with Crippen LogP contribution in [0.3, 0.4) is 0 Å². The summed E-state index contributed by atoms with van der Waals surface area (Å²) in [7, 11) is 0.